The molecule has 2 fully saturated rings. The van der Waals surface area contributed by atoms with Gasteiger partial charge in [-0.2, -0.15) is 0 Å². The van der Waals surface area contributed by atoms with Crippen LogP contribution in [0.25, 0.3) is 0 Å². The van der Waals surface area contributed by atoms with Crippen LogP contribution in [0, 0.1) is 5.92 Å². The molecule has 0 spiro atoms. The standard InChI is InChI=1S/C14H21NO2/c1-10-7-12(10)13-4-3-11(17-13)8-15-9-14(16)5-2-6-14/h3-4,10,12,15-16H,2,5-9H2,1H3. The van der Waals surface area contributed by atoms with Crippen molar-refractivity contribution >= 4 is 0 Å². The van der Waals surface area contributed by atoms with Gasteiger partial charge in [-0.25, -0.2) is 0 Å². The van der Waals surface area contributed by atoms with Gasteiger partial charge in [0.25, 0.3) is 0 Å². The summed E-state index contributed by atoms with van der Waals surface area (Å²) in [5.41, 5.74) is -0.444. The Kier molecular flexibility index (Phi) is 2.75. The van der Waals surface area contributed by atoms with Crippen LogP contribution < -0.4 is 5.32 Å². The van der Waals surface area contributed by atoms with Crippen LogP contribution in [0.4, 0.5) is 0 Å². The maximum absolute atomic E-state index is 9.93. The molecule has 2 saturated carbocycles. The van der Waals surface area contributed by atoms with E-state index in [1.54, 1.807) is 0 Å². The van der Waals surface area contributed by atoms with Crippen LogP contribution in [0.1, 0.15) is 50.0 Å². The molecule has 2 N–H and O–H groups in total. The minimum Gasteiger partial charge on any atom is -0.464 e. The van der Waals surface area contributed by atoms with Gasteiger partial charge in [-0.05, 0) is 43.7 Å². The third-order valence-corrected chi connectivity index (χ3v) is 4.19. The molecule has 2 aliphatic rings. The molecule has 2 atom stereocenters. The van der Waals surface area contributed by atoms with E-state index in [2.05, 4.69) is 24.4 Å². The molecule has 2 unspecified atom stereocenters. The average Bonchev–Trinajstić information content (AvgIpc) is 2.81. The van der Waals surface area contributed by atoms with Crippen molar-refractivity contribution < 1.29 is 9.52 Å². The Balaban J connectivity index is 1.46. The van der Waals surface area contributed by atoms with Crippen molar-refractivity contribution in [1.29, 1.82) is 0 Å². The summed E-state index contributed by atoms with van der Waals surface area (Å²) in [4.78, 5) is 0. The van der Waals surface area contributed by atoms with Crippen LogP contribution in [0.15, 0.2) is 16.5 Å². The van der Waals surface area contributed by atoms with E-state index in [1.165, 1.54) is 6.42 Å². The molecule has 94 valence electrons. The highest BCUT2D eigenvalue weighted by Gasteiger charge is 2.36. The van der Waals surface area contributed by atoms with E-state index < -0.39 is 5.60 Å². The maximum Gasteiger partial charge on any atom is 0.117 e. The number of rotatable bonds is 5. The number of nitrogens with one attached hydrogen (secondary N) is 1. The van der Waals surface area contributed by atoms with Crippen LogP contribution in [-0.4, -0.2) is 17.3 Å². The molecule has 1 heterocycles. The highest BCUT2D eigenvalue weighted by Crippen LogP contribution is 2.47. The van der Waals surface area contributed by atoms with Crippen molar-refractivity contribution in [3.63, 3.8) is 0 Å². The molecule has 0 aromatic carbocycles. The number of hydrogen-bond donors (Lipinski definition) is 2. The van der Waals surface area contributed by atoms with Gasteiger partial charge in [0.05, 0.1) is 12.1 Å². The molecule has 3 rings (SSSR count). The number of hydrogen-bond acceptors (Lipinski definition) is 3. The monoisotopic (exact) mass is 235 g/mol. The lowest BCUT2D eigenvalue weighted by Crippen LogP contribution is -2.45. The van der Waals surface area contributed by atoms with Gasteiger partial charge in [0, 0.05) is 12.5 Å². The second-order valence-corrected chi connectivity index (χ2v) is 5.81. The molecule has 0 aliphatic heterocycles. The fraction of sp³-hybridized carbons (Fsp3) is 0.714. The normalized spacial score (nSPS) is 30.0. The van der Waals surface area contributed by atoms with Crippen LogP contribution >= 0.6 is 0 Å². The van der Waals surface area contributed by atoms with Gasteiger partial charge >= 0.3 is 0 Å². The quantitative estimate of drug-likeness (QED) is 0.823. The molecule has 0 saturated heterocycles. The molecule has 0 amide bonds. The maximum atomic E-state index is 9.93. The zero-order valence-electron chi connectivity index (χ0n) is 10.4. The Morgan fingerprint density at radius 1 is 1.47 bits per heavy atom. The minimum atomic E-state index is -0.444. The fourth-order valence-corrected chi connectivity index (χ4v) is 2.59. The largest absolute Gasteiger partial charge is 0.464 e. The summed E-state index contributed by atoms with van der Waals surface area (Å²) in [6, 6.07) is 4.15. The van der Waals surface area contributed by atoms with Gasteiger partial charge in [0.2, 0.25) is 0 Å². The summed E-state index contributed by atoms with van der Waals surface area (Å²) in [6.07, 6.45) is 4.29. The first-order valence-electron chi connectivity index (χ1n) is 6.68. The Morgan fingerprint density at radius 3 is 2.82 bits per heavy atom. The predicted octanol–water partition coefficient (Wildman–Crippen LogP) is 2.41. The minimum absolute atomic E-state index is 0.444. The Morgan fingerprint density at radius 2 is 2.24 bits per heavy atom. The predicted molar refractivity (Wildman–Crippen MR) is 65.7 cm³/mol. The summed E-state index contributed by atoms with van der Waals surface area (Å²) >= 11 is 0. The molecule has 1 aromatic rings. The summed E-state index contributed by atoms with van der Waals surface area (Å²) in [7, 11) is 0. The van der Waals surface area contributed by atoms with E-state index in [0.717, 1.165) is 43.2 Å². The van der Waals surface area contributed by atoms with Crippen molar-refractivity contribution in [1.82, 2.24) is 5.32 Å². The first kappa shape index (κ1) is 11.3. The highest BCUT2D eigenvalue weighted by molar-refractivity contribution is 5.17. The molecule has 0 radical (unpaired) electrons. The summed E-state index contributed by atoms with van der Waals surface area (Å²) in [6.45, 7) is 3.67. The highest BCUT2D eigenvalue weighted by atomic mass is 16.3. The van der Waals surface area contributed by atoms with Crippen molar-refractivity contribution in [2.24, 2.45) is 5.92 Å². The lowest BCUT2D eigenvalue weighted by molar-refractivity contribution is -0.0317. The van der Waals surface area contributed by atoms with Crippen molar-refractivity contribution in [3.05, 3.63) is 23.7 Å². The van der Waals surface area contributed by atoms with Crippen molar-refractivity contribution in [2.75, 3.05) is 6.54 Å². The molecule has 17 heavy (non-hydrogen) atoms. The van der Waals surface area contributed by atoms with E-state index in [4.69, 9.17) is 4.42 Å². The second-order valence-electron chi connectivity index (χ2n) is 5.81. The number of furan rings is 1. The molecular formula is C14H21NO2. The zero-order chi connectivity index (χ0) is 11.9. The first-order valence-corrected chi connectivity index (χ1v) is 6.68. The number of aliphatic hydroxyl groups is 1. The van der Waals surface area contributed by atoms with Crippen LogP contribution in [0.2, 0.25) is 0 Å². The van der Waals surface area contributed by atoms with E-state index in [9.17, 15) is 5.11 Å². The van der Waals surface area contributed by atoms with Gasteiger partial charge in [-0.15, -0.1) is 0 Å². The summed E-state index contributed by atoms with van der Waals surface area (Å²) in [5.74, 6) is 3.57. The van der Waals surface area contributed by atoms with Crippen molar-refractivity contribution in [2.45, 2.75) is 50.7 Å². The van der Waals surface area contributed by atoms with Gasteiger partial charge in [0.15, 0.2) is 0 Å². The lowest BCUT2D eigenvalue weighted by Gasteiger charge is -2.36. The van der Waals surface area contributed by atoms with Crippen LogP contribution in [0.5, 0.6) is 0 Å². The SMILES string of the molecule is CC1CC1c1ccc(CNCC2(O)CCC2)o1. The molecule has 1 aromatic heterocycles. The van der Waals surface area contributed by atoms with Gasteiger partial charge < -0.3 is 14.8 Å². The lowest BCUT2D eigenvalue weighted by atomic mass is 9.80. The molecule has 3 heteroatoms. The Hall–Kier alpha value is -0.800. The van der Waals surface area contributed by atoms with Gasteiger partial charge in [0.1, 0.15) is 11.5 Å². The average molecular weight is 235 g/mol. The van der Waals surface area contributed by atoms with E-state index in [-0.39, 0.29) is 0 Å². The van der Waals surface area contributed by atoms with Crippen LogP contribution in [-0.2, 0) is 6.54 Å². The Bertz CT molecular complexity index is 395. The van der Waals surface area contributed by atoms with E-state index >= 15 is 0 Å². The first-order chi connectivity index (χ1) is 8.16. The second kappa shape index (κ2) is 4.14. The topological polar surface area (TPSA) is 45.4 Å². The third-order valence-electron chi connectivity index (χ3n) is 4.19. The summed E-state index contributed by atoms with van der Waals surface area (Å²) in [5, 5.41) is 13.2. The molecule has 2 aliphatic carbocycles. The van der Waals surface area contributed by atoms with Crippen LogP contribution in [0.3, 0.4) is 0 Å². The zero-order valence-corrected chi connectivity index (χ0v) is 10.4. The molecule has 3 nitrogen and oxygen atoms in total. The summed E-state index contributed by atoms with van der Waals surface area (Å²) < 4.78 is 5.80. The fourth-order valence-electron chi connectivity index (χ4n) is 2.59. The van der Waals surface area contributed by atoms with E-state index in [0.29, 0.717) is 12.5 Å². The third kappa shape index (κ3) is 2.40. The van der Waals surface area contributed by atoms with Gasteiger partial charge in [-0.3, -0.25) is 0 Å². The van der Waals surface area contributed by atoms with Crippen molar-refractivity contribution in [3.8, 4) is 0 Å². The van der Waals surface area contributed by atoms with E-state index in [1.807, 2.05) is 0 Å². The van der Waals surface area contributed by atoms with Gasteiger partial charge in [-0.1, -0.05) is 6.92 Å². The molecular weight excluding hydrogens is 214 g/mol. The Labute approximate surface area is 102 Å². The molecule has 0 bridgehead atoms. The smallest absolute Gasteiger partial charge is 0.117 e.